The van der Waals surface area contributed by atoms with Crippen LogP contribution in [-0.2, 0) is 14.3 Å². The van der Waals surface area contributed by atoms with E-state index in [0.717, 1.165) is 0 Å². The molecule has 5 rings (SSSR count). The Morgan fingerprint density at radius 3 is 2.57 bits per heavy atom. The van der Waals surface area contributed by atoms with Gasteiger partial charge in [-0.25, -0.2) is 14.6 Å². The van der Waals surface area contributed by atoms with E-state index in [1.54, 1.807) is 61.5 Å². The van der Waals surface area contributed by atoms with Crippen molar-refractivity contribution in [3.05, 3.63) is 106 Å². The number of benzene rings is 2. The molecular formula is C32H28Cl2N2O7S. The number of carbonyl (C=O) groups excluding carboxylic acids is 2. The number of esters is 2. The highest BCUT2D eigenvalue weighted by Gasteiger charge is 2.36. The summed E-state index contributed by atoms with van der Waals surface area (Å²) in [6.45, 7) is 3.86. The summed E-state index contributed by atoms with van der Waals surface area (Å²) in [7, 11) is 2.79. The molecule has 44 heavy (non-hydrogen) atoms. The predicted octanol–water partition coefficient (Wildman–Crippen LogP) is 5.94. The maximum Gasteiger partial charge on any atom is 0.339 e. The number of furan rings is 1. The minimum absolute atomic E-state index is 0.154. The van der Waals surface area contributed by atoms with Crippen LogP contribution < -0.4 is 19.6 Å². The fraction of sp³-hybridized carbons (Fsp3) is 0.250. The first-order valence-corrected chi connectivity index (χ1v) is 15.3. The van der Waals surface area contributed by atoms with Crippen molar-refractivity contribution < 1.29 is 28.2 Å². The van der Waals surface area contributed by atoms with Crippen LogP contribution in [0.1, 0.15) is 54.4 Å². The van der Waals surface area contributed by atoms with Crippen molar-refractivity contribution in [2.24, 2.45) is 4.99 Å². The number of halogens is 2. The lowest BCUT2D eigenvalue weighted by atomic mass is 9.93. The van der Waals surface area contributed by atoms with E-state index in [-0.39, 0.29) is 28.3 Å². The molecule has 1 aliphatic heterocycles. The molecule has 0 aliphatic carbocycles. The van der Waals surface area contributed by atoms with Crippen molar-refractivity contribution in [1.29, 1.82) is 0 Å². The minimum Gasteiger partial charge on any atom is -0.496 e. The molecule has 0 saturated carbocycles. The van der Waals surface area contributed by atoms with Gasteiger partial charge in [0.15, 0.2) is 4.80 Å². The summed E-state index contributed by atoms with van der Waals surface area (Å²) >= 11 is 13.8. The Bertz CT molecular complexity index is 1970. The van der Waals surface area contributed by atoms with Crippen molar-refractivity contribution in [3.63, 3.8) is 0 Å². The van der Waals surface area contributed by atoms with Crippen LogP contribution in [0.25, 0.3) is 17.4 Å². The van der Waals surface area contributed by atoms with Crippen LogP contribution in [0.15, 0.2) is 74.0 Å². The molecule has 0 bridgehead atoms. The number of carbonyl (C=O) groups is 2. The monoisotopic (exact) mass is 654 g/mol. The van der Waals surface area contributed by atoms with Gasteiger partial charge in [0.05, 0.1) is 47.2 Å². The molecule has 3 heterocycles. The number of nitrogens with zero attached hydrogens (tertiary/aromatic N) is 2. The molecule has 2 aromatic carbocycles. The second kappa shape index (κ2) is 13.3. The summed E-state index contributed by atoms with van der Waals surface area (Å²) < 4.78 is 23.8. The molecule has 1 atom stereocenters. The van der Waals surface area contributed by atoms with Gasteiger partial charge in [0.25, 0.3) is 5.56 Å². The van der Waals surface area contributed by atoms with E-state index in [0.29, 0.717) is 61.3 Å². The SMILES string of the molecule is CCCC1=C(C(=O)OCC)[C@H](c2cc(Cl)ccc2OC)n2c(s/c(=C/c3ccc(-c4ccc(Cl)c(C(=O)OC)c4)o3)c2=O)=N1. The van der Waals surface area contributed by atoms with E-state index in [1.165, 1.54) is 30.1 Å². The lowest BCUT2D eigenvalue weighted by Gasteiger charge is -2.27. The average molecular weight is 656 g/mol. The summed E-state index contributed by atoms with van der Waals surface area (Å²) in [5.41, 5.74) is 1.76. The fourth-order valence-electron chi connectivity index (χ4n) is 4.99. The Labute approximate surface area is 266 Å². The highest BCUT2D eigenvalue weighted by atomic mass is 35.5. The van der Waals surface area contributed by atoms with Crippen molar-refractivity contribution >= 4 is 52.6 Å². The van der Waals surface area contributed by atoms with Crippen molar-refractivity contribution in [3.8, 4) is 17.1 Å². The highest BCUT2D eigenvalue weighted by molar-refractivity contribution is 7.07. The van der Waals surface area contributed by atoms with Crippen LogP contribution in [0, 0.1) is 0 Å². The van der Waals surface area contributed by atoms with Gasteiger partial charge in [0.1, 0.15) is 23.3 Å². The van der Waals surface area contributed by atoms with E-state index in [9.17, 15) is 14.4 Å². The number of ether oxygens (including phenoxy) is 3. The Morgan fingerprint density at radius 2 is 1.86 bits per heavy atom. The molecule has 228 valence electrons. The topological polar surface area (TPSA) is 109 Å². The second-order valence-electron chi connectivity index (χ2n) is 9.69. The van der Waals surface area contributed by atoms with Crippen molar-refractivity contribution in [1.82, 2.24) is 4.57 Å². The Kier molecular flexibility index (Phi) is 9.43. The highest BCUT2D eigenvalue weighted by Crippen LogP contribution is 2.38. The first-order chi connectivity index (χ1) is 21.2. The predicted molar refractivity (Wildman–Crippen MR) is 168 cm³/mol. The molecular weight excluding hydrogens is 627 g/mol. The van der Waals surface area contributed by atoms with Gasteiger partial charge in [0.2, 0.25) is 0 Å². The maximum absolute atomic E-state index is 14.1. The first kappa shape index (κ1) is 31.3. The molecule has 0 unspecified atom stereocenters. The zero-order valence-electron chi connectivity index (χ0n) is 24.3. The normalized spacial score (nSPS) is 14.7. The molecule has 0 saturated heterocycles. The number of methoxy groups -OCH3 is 2. The number of hydrogen-bond acceptors (Lipinski definition) is 9. The van der Waals surface area contributed by atoms with Gasteiger partial charge >= 0.3 is 11.9 Å². The van der Waals surface area contributed by atoms with Crippen LogP contribution in [0.3, 0.4) is 0 Å². The van der Waals surface area contributed by atoms with Crippen LogP contribution in [0.4, 0.5) is 0 Å². The third kappa shape index (κ3) is 5.97. The van der Waals surface area contributed by atoms with Gasteiger partial charge in [-0.1, -0.05) is 47.9 Å². The Balaban J connectivity index is 1.67. The molecule has 4 aromatic rings. The van der Waals surface area contributed by atoms with E-state index in [1.807, 2.05) is 6.92 Å². The smallest absolute Gasteiger partial charge is 0.339 e. The van der Waals surface area contributed by atoms with Gasteiger partial charge in [0, 0.05) is 22.2 Å². The Hall–Kier alpha value is -4.12. The Morgan fingerprint density at radius 1 is 1.07 bits per heavy atom. The lowest BCUT2D eigenvalue weighted by molar-refractivity contribution is -0.139. The van der Waals surface area contributed by atoms with Crippen LogP contribution in [-0.4, -0.2) is 37.3 Å². The third-order valence-electron chi connectivity index (χ3n) is 6.93. The molecule has 0 spiro atoms. The largest absolute Gasteiger partial charge is 0.496 e. The van der Waals surface area contributed by atoms with E-state index < -0.39 is 18.0 Å². The number of thiazole rings is 1. The molecule has 1 aliphatic rings. The third-order valence-corrected chi connectivity index (χ3v) is 8.48. The van der Waals surface area contributed by atoms with Gasteiger partial charge in [-0.3, -0.25) is 9.36 Å². The molecule has 0 N–H and O–H groups in total. The van der Waals surface area contributed by atoms with E-state index >= 15 is 0 Å². The summed E-state index contributed by atoms with van der Waals surface area (Å²) in [5, 5.41) is 0.671. The van der Waals surface area contributed by atoms with Gasteiger partial charge in [-0.15, -0.1) is 0 Å². The fourth-order valence-corrected chi connectivity index (χ4v) is 6.37. The lowest BCUT2D eigenvalue weighted by Crippen LogP contribution is -2.40. The van der Waals surface area contributed by atoms with Crippen LogP contribution in [0.5, 0.6) is 5.75 Å². The van der Waals surface area contributed by atoms with Gasteiger partial charge in [-0.05, 0) is 61.9 Å². The standard InChI is InChI=1S/C32H28Cl2N2O7S/c1-5-7-23-27(31(39)42-6-2)28(21-15-18(33)9-12-25(21)40-3)36-29(37)26(44-32(36)35-23)16-19-10-13-24(43-19)17-8-11-22(34)20(14-17)30(38)41-4/h8-16,28H,5-7H2,1-4H3/b26-16+/t28-/m0/s1. The van der Waals surface area contributed by atoms with Crippen LogP contribution in [0.2, 0.25) is 10.0 Å². The number of hydrogen-bond donors (Lipinski definition) is 0. The molecule has 12 heteroatoms. The van der Waals surface area contributed by atoms with Gasteiger partial charge in [-0.2, -0.15) is 0 Å². The van der Waals surface area contributed by atoms with Crippen molar-refractivity contribution in [2.45, 2.75) is 32.7 Å². The summed E-state index contributed by atoms with van der Waals surface area (Å²) in [4.78, 5) is 44.8. The number of fused-ring (bicyclic) bond motifs is 1. The van der Waals surface area contributed by atoms with Gasteiger partial charge < -0.3 is 18.6 Å². The number of allylic oxidation sites excluding steroid dienone is 1. The molecule has 2 aromatic heterocycles. The molecule has 0 fully saturated rings. The number of rotatable bonds is 9. The minimum atomic E-state index is -0.888. The van der Waals surface area contributed by atoms with Crippen molar-refractivity contribution in [2.75, 3.05) is 20.8 Å². The first-order valence-electron chi connectivity index (χ1n) is 13.7. The number of aromatic nitrogens is 1. The summed E-state index contributed by atoms with van der Waals surface area (Å²) in [5.74, 6) is 0.182. The molecule has 0 amide bonds. The quantitative estimate of drug-likeness (QED) is 0.205. The maximum atomic E-state index is 14.1. The van der Waals surface area contributed by atoms with E-state index in [2.05, 4.69) is 0 Å². The van der Waals surface area contributed by atoms with Crippen LogP contribution >= 0.6 is 34.5 Å². The average Bonchev–Trinajstić information content (AvgIpc) is 3.60. The van der Waals surface area contributed by atoms with E-state index in [4.69, 9.17) is 46.8 Å². The molecule has 9 nitrogen and oxygen atoms in total. The summed E-state index contributed by atoms with van der Waals surface area (Å²) in [6.07, 6.45) is 2.83. The zero-order chi connectivity index (χ0) is 31.5. The molecule has 0 radical (unpaired) electrons. The zero-order valence-corrected chi connectivity index (χ0v) is 26.6. The summed E-state index contributed by atoms with van der Waals surface area (Å²) in [6, 6.07) is 12.5. The second-order valence-corrected chi connectivity index (χ2v) is 11.5.